The highest BCUT2D eigenvalue weighted by molar-refractivity contribution is 7.98. The molecular formula is C2H8N2O2S2. The molecule has 0 aromatic carbocycles. The molecule has 0 heterocycles. The van der Waals surface area contributed by atoms with Gasteiger partial charge in [0.05, 0.1) is 0 Å². The van der Waals surface area contributed by atoms with Crippen LogP contribution in [0, 0.1) is 0 Å². The Kier molecular flexibility index (Phi) is 2.75. The first kappa shape index (κ1) is 8.22. The normalized spacial score (nSPS) is 12.5. The van der Waals surface area contributed by atoms with Gasteiger partial charge in [-0.15, -0.1) is 3.71 Å². The maximum Gasteiger partial charge on any atom is 0.286 e. The van der Waals surface area contributed by atoms with Crippen LogP contribution >= 0.6 is 12.8 Å². The molecule has 2 N–H and O–H groups in total. The Labute approximate surface area is 54.4 Å². The largest absolute Gasteiger partial charge is 0.286 e. The van der Waals surface area contributed by atoms with Crippen molar-refractivity contribution in [2.24, 2.45) is 5.14 Å². The summed E-state index contributed by atoms with van der Waals surface area (Å²) >= 11 is 3.53. The third-order valence-electron chi connectivity index (χ3n) is 0.564. The summed E-state index contributed by atoms with van der Waals surface area (Å²) in [5.41, 5.74) is 0. The Morgan fingerprint density at radius 2 is 2.12 bits per heavy atom. The van der Waals surface area contributed by atoms with E-state index in [2.05, 4.69) is 18.0 Å². The predicted octanol–water partition coefficient (Wildman–Crippen LogP) is -0.643. The van der Waals surface area contributed by atoms with Gasteiger partial charge in [-0.3, -0.25) is 0 Å². The monoisotopic (exact) mass is 156 g/mol. The third kappa shape index (κ3) is 2.51. The van der Waals surface area contributed by atoms with Gasteiger partial charge in [-0.1, -0.05) is 19.7 Å². The lowest BCUT2D eigenvalue weighted by Gasteiger charge is -2.06. The first-order valence-electron chi connectivity index (χ1n) is 1.97. The second-order valence-corrected chi connectivity index (χ2v) is 3.41. The number of nitrogens with zero attached hydrogens (tertiary/aromatic N) is 1. The lowest BCUT2D eigenvalue weighted by molar-refractivity contribution is 0.553. The van der Waals surface area contributed by atoms with E-state index >= 15 is 0 Å². The number of hydrogen-bond acceptors (Lipinski definition) is 3. The molecule has 0 aromatic heterocycles. The first-order valence-corrected chi connectivity index (χ1v) is 3.88. The molecule has 0 spiro atoms. The minimum absolute atomic E-state index is 0.280. The summed E-state index contributed by atoms with van der Waals surface area (Å²) in [4.78, 5) is 0. The highest BCUT2D eigenvalue weighted by Crippen LogP contribution is 1.94. The quantitative estimate of drug-likeness (QED) is 0.522. The maximum absolute atomic E-state index is 10.2. The fourth-order valence-electron chi connectivity index (χ4n) is 0.180. The van der Waals surface area contributed by atoms with Crippen LogP contribution in [0.25, 0.3) is 0 Å². The zero-order valence-corrected chi connectivity index (χ0v) is 6.11. The molecule has 0 aliphatic heterocycles. The lowest BCUT2D eigenvalue weighted by Crippen LogP contribution is -2.28. The van der Waals surface area contributed by atoms with Crippen LogP contribution in [0.15, 0.2) is 0 Å². The van der Waals surface area contributed by atoms with Gasteiger partial charge in [0.1, 0.15) is 0 Å². The molecule has 0 atom stereocenters. The Morgan fingerprint density at radius 3 is 2.12 bits per heavy atom. The van der Waals surface area contributed by atoms with Crippen molar-refractivity contribution < 1.29 is 8.42 Å². The van der Waals surface area contributed by atoms with E-state index < -0.39 is 10.2 Å². The number of thiol groups is 1. The second kappa shape index (κ2) is 2.67. The molecule has 8 heavy (non-hydrogen) atoms. The van der Waals surface area contributed by atoms with Gasteiger partial charge in [-0.2, -0.15) is 8.42 Å². The van der Waals surface area contributed by atoms with E-state index in [4.69, 9.17) is 0 Å². The topological polar surface area (TPSA) is 63.4 Å². The van der Waals surface area contributed by atoms with Crippen LogP contribution in [-0.2, 0) is 10.2 Å². The standard InChI is InChI=1S/C2H8N2O2S2/c1-2-4(7)8(3,5)6/h7H,2H2,1H3,(H2,3,5,6). The molecule has 4 nitrogen and oxygen atoms in total. The van der Waals surface area contributed by atoms with Crippen LogP contribution in [0.4, 0.5) is 0 Å². The van der Waals surface area contributed by atoms with Crippen LogP contribution in [0.3, 0.4) is 0 Å². The maximum atomic E-state index is 10.2. The number of nitrogens with two attached hydrogens (primary N) is 1. The van der Waals surface area contributed by atoms with E-state index in [-0.39, 0.29) is 6.54 Å². The molecule has 0 saturated carbocycles. The van der Waals surface area contributed by atoms with Gasteiger partial charge in [-0.25, -0.2) is 5.14 Å². The van der Waals surface area contributed by atoms with Crippen molar-refractivity contribution in [2.45, 2.75) is 6.92 Å². The Morgan fingerprint density at radius 1 is 1.75 bits per heavy atom. The molecule has 0 aromatic rings. The Balaban J connectivity index is 4.04. The van der Waals surface area contributed by atoms with Crippen LogP contribution < -0.4 is 5.14 Å². The summed E-state index contributed by atoms with van der Waals surface area (Å²) in [5.74, 6) is 0. The van der Waals surface area contributed by atoms with Gasteiger partial charge < -0.3 is 0 Å². The average molecular weight is 156 g/mol. The predicted molar refractivity (Wildman–Crippen MR) is 34.5 cm³/mol. The van der Waals surface area contributed by atoms with Crippen LogP contribution in [0.5, 0.6) is 0 Å². The summed E-state index contributed by atoms with van der Waals surface area (Å²) < 4.78 is 21.1. The molecule has 0 aliphatic rings. The highest BCUT2D eigenvalue weighted by Gasteiger charge is 2.07. The van der Waals surface area contributed by atoms with Gasteiger partial charge >= 0.3 is 0 Å². The number of rotatable bonds is 2. The molecule has 0 fully saturated rings. The molecule has 0 radical (unpaired) electrons. The van der Waals surface area contributed by atoms with E-state index in [1.807, 2.05) is 0 Å². The SMILES string of the molecule is CCN(S)S(N)(=O)=O. The minimum Gasteiger partial charge on any atom is -0.215 e. The summed E-state index contributed by atoms with van der Waals surface area (Å²) in [7, 11) is -3.56. The molecule has 0 aliphatic carbocycles. The van der Waals surface area contributed by atoms with E-state index in [9.17, 15) is 8.42 Å². The van der Waals surface area contributed by atoms with Crippen LogP contribution in [-0.4, -0.2) is 18.7 Å². The van der Waals surface area contributed by atoms with E-state index in [0.717, 1.165) is 3.71 Å². The highest BCUT2D eigenvalue weighted by atomic mass is 32.3. The van der Waals surface area contributed by atoms with Crippen molar-refractivity contribution in [3.8, 4) is 0 Å². The number of hydrogen-bond donors (Lipinski definition) is 2. The fraction of sp³-hybridized carbons (Fsp3) is 1.00. The zero-order valence-electron chi connectivity index (χ0n) is 4.40. The molecule has 50 valence electrons. The lowest BCUT2D eigenvalue weighted by atomic mass is 10.8. The molecule has 0 unspecified atom stereocenters. The molecule has 0 amide bonds. The van der Waals surface area contributed by atoms with E-state index in [1.54, 1.807) is 6.92 Å². The second-order valence-electron chi connectivity index (χ2n) is 1.18. The van der Waals surface area contributed by atoms with Gasteiger partial charge in [0.25, 0.3) is 10.2 Å². The Bertz CT molecular complexity index is 151. The van der Waals surface area contributed by atoms with E-state index in [0.29, 0.717) is 0 Å². The van der Waals surface area contributed by atoms with Crippen molar-refractivity contribution in [1.29, 1.82) is 0 Å². The van der Waals surface area contributed by atoms with Crippen molar-refractivity contribution in [1.82, 2.24) is 3.71 Å². The van der Waals surface area contributed by atoms with Crippen molar-refractivity contribution in [2.75, 3.05) is 6.54 Å². The van der Waals surface area contributed by atoms with Crippen LogP contribution in [0.2, 0.25) is 0 Å². The summed E-state index contributed by atoms with van der Waals surface area (Å²) in [6.45, 7) is 1.92. The summed E-state index contributed by atoms with van der Waals surface area (Å²) in [5, 5.41) is 4.61. The average Bonchev–Trinajstić information content (AvgIpc) is 1.62. The van der Waals surface area contributed by atoms with Crippen molar-refractivity contribution >= 4 is 23.0 Å². The van der Waals surface area contributed by atoms with E-state index in [1.165, 1.54) is 0 Å². The van der Waals surface area contributed by atoms with Crippen LogP contribution in [0.1, 0.15) is 6.92 Å². The van der Waals surface area contributed by atoms with Gasteiger partial charge in [0.2, 0.25) is 0 Å². The third-order valence-corrected chi connectivity index (χ3v) is 2.38. The summed E-state index contributed by atoms with van der Waals surface area (Å²) in [6.07, 6.45) is 0. The zero-order chi connectivity index (χ0) is 6.78. The summed E-state index contributed by atoms with van der Waals surface area (Å²) in [6, 6.07) is 0. The van der Waals surface area contributed by atoms with Gasteiger partial charge in [0, 0.05) is 6.54 Å². The molecule has 0 saturated heterocycles. The minimum atomic E-state index is -3.56. The molecular weight excluding hydrogens is 148 g/mol. The van der Waals surface area contributed by atoms with Crippen molar-refractivity contribution in [3.63, 3.8) is 0 Å². The molecule has 0 rings (SSSR count). The smallest absolute Gasteiger partial charge is 0.215 e. The first-order chi connectivity index (χ1) is 3.48. The van der Waals surface area contributed by atoms with Gasteiger partial charge in [-0.05, 0) is 0 Å². The van der Waals surface area contributed by atoms with Crippen molar-refractivity contribution in [3.05, 3.63) is 0 Å². The fourth-order valence-corrected chi connectivity index (χ4v) is 0.540. The molecule has 6 heteroatoms. The van der Waals surface area contributed by atoms with Gasteiger partial charge in [0.15, 0.2) is 0 Å². The Hall–Kier alpha value is 0.220. The molecule has 0 bridgehead atoms.